The van der Waals surface area contributed by atoms with Gasteiger partial charge < -0.3 is 10.2 Å². The molecule has 0 atom stereocenters. The number of fused-ring (bicyclic) bond motifs is 3. The molecule has 3 aromatic carbocycles. The Labute approximate surface area is 322 Å². The van der Waals surface area contributed by atoms with Crippen LogP contribution in [0.1, 0.15) is 21.9 Å². The Kier molecular flexibility index (Phi) is 10.1. The fourth-order valence-corrected chi connectivity index (χ4v) is 8.32. The second-order valence-corrected chi connectivity index (χ2v) is 14.7. The Morgan fingerprint density at radius 3 is 2.15 bits per heavy atom. The summed E-state index contributed by atoms with van der Waals surface area (Å²) in [6.07, 6.45) is 5.36. The van der Waals surface area contributed by atoms with E-state index in [9.17, 15) is 14.9 Å². The van der Waals surface area contributed by atoms with E-state index in [1.807, 2.05) is 58.3 Å². The van der Waals surface area contributed by atoms with Crippen LogP contribution < -0.4 is 5.32 Å². The lowest BCUT2D eigenvalue weighted by molar-refractivity contribution is -0.384. The highest BCUT2D eigenvalue weighted by Gasteiger charge is 2.20. The summed E-state index contributed by atoms with van der Waals surface area (Å²) in [6, 6.07) is 21.8. The number of carbonyl (C=O) groups excluding carboxylic acids is 1. The number of amides is 1. The number of rotatable bonds is 8. The molecule has 16 heteroatoms. The maximum absolute atomic E-state index is 13.0. The third kappa shape index (κ3) is 7.31. The van der Waals surface area contributed by atoms with Crippen molar-refractivity contribution in [1.82, 2.24) is 38.5 Å². The average Bonchev–Trinajstić information content (AvgIpc) is 3.99. The number of aromatic nitrogens is 6. The third-order valence-electron chi connectivity index (χ3n) is 9.19. The van der Waals surface area contributed by atoms with E-state index in [1.165, 1.54) is 29.3 Å². The largest absolute Gasteiger partial charge is 0.320 e. The van der Waals surface area contributed by atoms with Crippen molar-refractivity contribution in [2.75, 3.05) is 38.5 Å². The Morgan fingerprint density at radius 1 is 0.815 bits per heavy atom. The first-order valence-electron chi connectivity index (χ1n) is 17.1. The van der Waals surface area contributed by atoms with Crippen molar-refractivity contribution in [3.05, 3.63) is 129 Å². The van der Waals surface area contributed by atoms with Gasteiger partial charge in [0.25, 0.3) is 11.6 Å². The van der Waals surface area contributed by atoms with Crippen LogP contribution in [-0.2, 0) is 12.4 Å². The third-order valence-corrected chi connectivity index (χ3v) is 11.2. The van der Waals surface area contributed by atoms with Crippen LogP contribution in [0.5, 0.6) is 0 Å². The van der Waals surface area contributed by atoms with E-state index in [0.717, 1.165) is 65.1 Å². The molecule has 9 rings (SSSR count). The maximum Gasteiger partial charge on any atom is 0.278 e. The van der Waals surface area contributed by atoms with Crippen molar-refractivity contribution in [2.45, 2.75) is 12.4 Å². The molecule has 54 heavy (non-hydrogen) atoms. The normalized spacial score (nSPS) is 13.7. The first-order valence-corrected chi connectivity index (χ1v) is 19.4. The highest BCUT2D eigenvalue weighted by molar-refractivity contribution is 7.15. The minimum absolute atomic E-state index is 0.0562. The number of hydrogen-bond acceptors (Lipinski definition) is 11. The highest BCUT2D eigenvalue weighted by atomic mass is 35.5. The molecule has 0 unspecified atom stereocenters. The smallest absolute Gasteiger partial charge is 0.278 e. The number of nitrogens with zero attached hydrogens (tertiary/aromatic N) is 9. The standard InChI is InChI=1S/C26H25N7OS.C12H8ClN3O2S/c1-31-10-12-32(13-11-31)15-18-17-35-26-30-24(16-33(18)26)19-6-2-3-7-20(19)29-25(34)23-14-27-21-8-4-5-9-22(21)28-23;13-5-8-7-19-12-14-10(6-15(8)12)9-3-1-2-4-11(9)16(17)18/h2-9,14,16-17H,10-13,15H2,1H3,(H,29,34);1-4,6-7H,5H2. The van der Waals surface area contributed by atoms with Gasteiger partial charge in [0.05, 0.1) is 50.7 Å². The number of thiazole rings is 2. The van der Waals surface area contributed by atoms with Gasteiger partial charge in [-0.3, -0.25) is 33.6 Å². The number of carbonyl (C=O) groups is 1. The Bertz CT molecular complexity index is 2620. The maximum atomic E-state index is 13.0. The van der Waals surface area contributed by atoms with E-state index in [1.54, 1.807) is 35.7 Å². The van der Waals surface area contributed by atoms with Crippen LogP contribution in [-0.4, -0.2) is 82.6 Å². The molecule has 13 nitrogen and oxygen atoms in total. The number of nitro benzene ring substituents is 1. The van der Waals surface area contributed by atoms with Gasteiger partial charge in [-0.15, -0.1) is 34.3 Å². The first kappa shape index (κ1) is 35.4. The van der Waals surface area contributed by atoms with Crippen LogP contribution >= 0.6 is 34.3 Å². The van der Waals surface area contributed by atoms with E-state index in [-0.39, 0.29) is 17.3 Å². The number of imidazole rings is 2. The summed E-state index contributed by atoms with van der Waals surface area (Å²) in [5.74, 6) is 0.0830. The van der Waals surface area contributed by atoms with Gasteiger partial charge in [0.15, 0.2) is 9.92 Å². The second kappa shape index (κ2) is 15.4. The number of hydrogen-bond donors (Lipinski definition) is 1. The van der Waals surface area contributed by atoms with Crippen LogP contribution in [0.15, 0.2) is 102 Å². The molecule has 8 aromatic rings. The fraction of sp³-hybridized carbons (Fsp3) is 0.184. The molecule has 0 bridgehead atoms. The molecular formula is C38H33ClN10O3S2. The number of halogens is 1. The molecule has 5 aromatic heterocycles. The van der Waals surface area contributed by atoms with Gasteiger partial charge in [-0.1, -0.05) is 42.5 Å². The highest BCUT2D eigenvalue weighted by Crippen LogP contribution is 2.32. The van der Waals surface area contributed by atoms with E-state index < -0.39 is 4.92 Å². The van der Waals surface area contributed by atoms with Gasteiger partial charge in [-0.05, 0) is 31.3 Å². The van der Waals surface area contributed by atoms with Crippen molar-refractivity contribution >= 4 is 72.5 Å². The molecule has 1 fully saturated rings. The minimum Gasteiger partial charge on any atom is -0.320 e. The van der Waals surface area contributed by atoms with Crippen molar-refractivity contribution in [3.63, 3.8) is 0 Å². The van der Waals surface area contributed by atoms with Crippen molar-refractivity contribution in [1.29, 1.82) is 0 Å². The van der Waals surface area contributed by atoms with Crippen LogP contribution in [0.3, 0.4) is 0 Å². The van der Waals surface area contributed by atoms with Gasteiger partial charge in [-0.2, -0.15) is 0 Å². The quantitative estimate of drug-likeness (QED) is 0.0934. The summed E-state index contributed by atoms with van der Waals surface area (Å²) in [7, 11) is 2.17. The predicted molar refractivity (Wildman–Crippen MR) is 213 cm³/mol. The molecule has 1 saturated heterocycles. The van der Waals surface area contributed by atoms with Crippen LogP contribution in [0.25, 0.3) is 43.5 Å². The molecule has 0 saturated carbocycles. The lowest BCUT2D eigenvalue weighted by atomic mass is 10.1. The van der Waals surface area contributed by atoms with Crippen LogP contribution in [0, 0.1) is 10.1 Å². The van der Waals surface area contributed by atoms with Gasteiger partial charge in [0, 0.05) is 78.9 Å². The predicted octanol–water partition coefficient (Wildman–Crippen LogP) is 7.72. The first-order chi connectivity index (χ1) is 26.3. The lowest BCUT2D eigenvalue weighted by Gasteiger charge is -2.32. The Balaban J connectivity index is 0.000000183. The van der Waals surface area contributed by atoms with Gasteiger partial charge in [-0.25, -0.2) is 15.0 Å². The number of para-hydroxylation sites is 4. The van der Waals surface area contributed by atoms with Crippen molar-refractivity contribution < 1.29 is 9.72 Å². The van der Waals surface area contributed by atoms with E-state index in [0.29, 0.717) is 28.3 Å². The van der Waals surface area contributed by atoms with Crippen molar-refractivity contribution in [3.8, 4) is 22.5 Å². The van der Waals surface area contributed by atoms with Crippen molar-refractivity contribution in [2.24, 2.45) is 0 Å². The number of anilines is 1. The molecule has 0 aliphatic carbocycles. The Hall–Kier alpha value is -5.58. The topological polar surface area (TPSA) is 139 Å². The molecule has 1 aliphatic rings. The number of nitrogens with one attached hydrogen (secondary N) is 1. The molecular weight excluding hydrogens is 744 g/mol. The molecule has 1 amide bonds. The van der Waals surface area contributed by atoms with Crippen LogP contribution in [0.2, 0.25) is 0 Å². The zero-order valence-electron chi connectivity index (χ0n) is 29.0. The molecule has 6 heterocycles. The minimum atomic E-state index is -0.398. The number of benzene rings is 3. The van der Waals surface area contributed by atoms with E-state index in [2.05, 4.69) is 53.1 Å². The fourth-order valence-electron chi connectivity index (χ4n) is 6.28. The summed E-state index contributed by atoms with van der Waals surface area (Å²) in [5, 5.41) is 18.2. The molecule has 0 spiro atoms. The van der Waals surface area contributed by atoms with E-state index >= 15 is 0 Å². The summed E-state index contributed by atoms with van der Waals surface area (Å²) < 4.78 is 4.04. The average molecular weight is 777 g/mol. The van der Waals surface area contributed by atoms with Gasteiger partial charge in [0.2, 0.25) is 0 Å². The summed E-state index contributed by atoms with van der Waals surface area (Å²) in [5.41, 5.74) is 7.45. The summed E-state index contributed by atoms with van der Waals surface area (Å²) in [6.45, 7) is 5.24. The zero-order chi connectivity index (χ0) is 37.2. The number of likely N-dealkylation sites (N-methyl/N-ethyl adjacent to an activating group) is 1. The van der Waals surface area contributed by atoms with Gasteiger partial charge >= 0.3 is 0 Å². The number of alkyl halides is 1. The molecule has 272 valence electrons. The second-order valence-electron chi connectivity index (χ2n) is 12.7. The zero-order valence-corrected chi connectivity index (χ0v) is 31.4. The molecule has 1 aliphatic heterocycles. The monoisotopic (exact) mass is 776 g/mol. The van der Waals surface area contributed by atoms with E-state index in [4.69, 9.17) is 16.6 Å². The number of piperazine rings is 1. The molecule has 1 N–H and O–H groups in total. The molecule has 0 radical (unpaired) electrons. The summed E-state index contributed by atoms with van der Waals surface area (Å²) >= 11 is 8.95. The summed E-state index contributed by atoms with van der Waals surface area (Å²) in [4.78, 5) is 48.3. The SMILES string of the molecule is CN1CCN(Cc2csc3nc(-c4ccccc4NC(=O)c4cnc5ccccc5n4)cn23)CC1.O=[N+]([O-])c1ccccc1-c1cn2c(CCl)csc2n1. The Morgan fingerprint density at radius 2 is 1.43 bits per heavy atom. The van der Waals surface area contributed by atoms with Crippen LogP contribution in [0.4, 0.5) is 11.4 Å². The lowest BCUT2D eigenvalue weighted by Crippen LogP contribution is -2.44. The van der Waals surface area contributed by atoms with Gasteiger partial charge in [0.1, 0.15) is 5.69 Å². The number of nitro groups is 1.